The first kappa shape index (κ1) is 14.6. The summed E-state index contributed by atoms with van der Waals surface area (Å²) >= 11 is 0. The maximum absolute atomic E-state index is 12.5. The van der Waals surface area contributed by atoms with Crippen molar-refractivity contribution in [3.05, 3.63) is 11.6 Å². The van der Waals surface area contributed by atoms with Gasteiger partial charge < -0.3 is 5.11 Å². The minimum Gasteiger partial charge on any atom is -0.392 e. The Balaban J connectivity index is 1.78. The Hall–Kier alpha value is -0.960. The lowest BCUT2D eigenvalue weighted by molar-refractivity contribution is -0.144. The van der Waals surface area contributed by atoms with Gasteiger partial charge in [-0.2, -0.15) is 0 Å². The molecule has 4 rings (SSSR count). The van der Waals surface area contributed by atoms with Gasteiger partial charge in [-0.05, 0) is 61.2 Å². The predicted molar refractivity (Wildman–Crippen MR) is 83.1 cm³/mol. The molecule has 4 aliphatic carbocycles. The van der Waals surface area contributed by atoms with Crippen LogP contribution in [-0.2, 0) is 9.59 Å². The largest absolute Gasteiger partial charge is 0.392 e. The average Bonchev–Trinajstić information content (AvgIpc) is 2.70. The number of rotatable bonds is 0. The molecule has 3 nitrogen and oxygen atoms in total. The van der Waals surface area contributed by atoms with Gasteiger partial charge >= 0.3 is 0 Å². The first-order chi connectivity index (χ1) is 10.4. The molecular formula is C19H26O3. The van der Waals surface area contributed by atoms with Crippen molar-refractivity contribution in [1.29, 1.82) is 0 Å². The fraction of sp³-hybridized carbons (Fsp3) is 0.789. The molecule has 120 valence electrons. The summed E-state index contributed by atoms with van der Waals surface area (Å²) in [5.41, 5.74) is 1.34. The highest BCUT2D eigenvalue weighted by molar-refractivity contribution is 6.40. The molecule has 0 aromatic heterocycles. The van der Waals surface area contributed by atoms with Gasteiger partial charge in [0.1, 0.15) is 0 Å². The number of ketones is 2. The molecule has 22 heavy (non-hydrogen) atoms. The molecular weight excluding hydrogens is 276 g/mol. The number of hydrogen-bond donors (Lipinski definition) is 1. The first-order valence-electron chi connectivity index (χ1n) is 8.81. The number of fused-ring (bicyclic) bond motifs is 5. The zero-order valence-electron chi connectivity index (χ0n) is 13.6. The van der Waals surface area contributed by atoms with Crippen molar-refractivity contribution in [2.24, 2.45) is 28.6 Å². The van der Waals surface area contributed by atoms with Gasteiger partial charge in [0, 0.05) is 12.3 Å². The quantitative estimate of drug-likeness (QED) is 0.553. The van der Waals surface area contributed by atoms with Crippen LogP contribution in [0.1, 0.15) is 58.8 Å². The van der Waals surface area contributed by atoms with Crippen molar-refractivity contribution in [2.45, 2.75) is 64.9 Å². The fourth-order valence-corrected chi connectivity index (χ4v) is 6.32. The van der Waals surface area contributed by atoms with Gasteiger partial charge in [0.25, 0.3) is 0 Å². The van der Waals surface area contributed by atoms with Crippen LogP contribution in [0.15, 0.2) is 11.6 Å². The average molecular weight is 302 g/mol. The summed E-state index contributed by atoms with van der Waals surface area (Å²) in [4.78, 5) is 24.6. The number of carbonyl (C=O) groups excluding carboxylic acids is 2. The van der Waals surface area contributed by atoms with Crippen LogP contribution in [0.5, 0.6) is 0 Å². The van der Waals surface area contributed by atoms with Crippen LogP contribution in [0.3, 0.4) is 0 Å². The Morgan fingerprint density at radius 3 is 2.77 bits per heavy atom. The maximum atomic E-state index is 12.5. The molecule has 0 amide bonds. The smallest absolute Gasteiger partial charge is 0.202 e. The van der Waals surface area contributed by atoms with E-state index in [-0.39, 0.29) is 34.2 Å². The third kappa shape index (κ3) is 1.72. The molecule has 0 aromatic carbocycles. The summed E-state index contributed by atoms with van der Waals surface area (Å²) in [6.45, 7) is 4.43. The molecule has 1 unspecified atom stereocenters. The second kappa shape index (κ2) is 4.53. The molecule has 1 N–H and O–H groups in total. The zero-order valence-corrected chi connectivity index (χ0v) is 13.6. The number of allylic oxidation sites excluding steroid dienone is 1. The van der Waals surface area contributed by atoms with Crippen molar-refractivity contribution in [2.75, 3.05) is 0 Å². The Bertz CT molecular complexity index is 577. The third-order valence-corrected chi connectivity index (χ3v) is 7.46. The Labute approximate surface area is 132 Å². The highest BCUT2D eigenvalue weighted by Crippen LogP contribution is 2.64. The standard InChI is InChI=1S/C19H26O3/c1-18-8-6-12-15(16(18)17(22)14(21)10-18)13(20)9-11-5-3-4-7-19(11,12)2/h5,12-13,15-16,20H,3-4,6-10H2,1-2H3/t12-,13?,15-,16+,18+,19-/m0/s1. The molecule has 4 aliphatic rings. The highest BCUT2D eigenvalue weighted by atomic mass is 16.3. The van der Waals surface area contributed by atoms with Crippen molar-refractivity contribution in [1.82, 2.24) is 0 Å². The van der Waals surface area contributed by atoms with E-state index in [2.05, 4.69) is 19.9 Å². The number of hydrogen-bond acceptors (Lipinski definition) is 3. The monoisotopic (exact) mass is 302 g/mol. The molecule has 3 fully saturated rings. The minimum absolute atomic E-state index is 0.0158. The summed E-state index contributed by atoms with van der Waals surface area (Å²) in [6, 6.07) is 0. The van der Waals surface area contributed by atoms with Crippen LogP contribution in [-0.4, -0.2) is 22.8 Å². The first-order valence-corrected chi connectivity index (χ1v) is 8.81. The molecule has 0 bridgehead atoms. The van der Waals surface area contributed by atoms with Gasteiger partial charge in [-0.3, -0.25) is 9.59 Å². The number of carbonyl (C=O) groups is 2. The van der Waals surface area contributed by atoms with E-state index in [1.165, 1.54) is 12.0 Å². The van der Waals surface area contributed by atoms with Gasteiger partial charge in [-0.25, -0.2) is 0 Å². The lowest BCUT2D eigenvalue weighted by atomic mass is 9.47. The van der Waals surface area contributed by atoms with E-state index in [4.69, 9.17) is 0 Å². The summed E-state index contributed by atoms with van der Waals surface area (Å²) in [5, 5.41) is 10.8. The topological polar surface area (TPSA) is 54.4 Å². The predicted octanol–water partition coefficient (Wildman–Crippen LogP) is 3.06. The fourth-order valence-electron chi connectivity index (χ4n) is 6.32. The molecule has 0 aromatic rings. The van der Waals surface area contributed by atoms with E-state index in [0.29, 0.717) is 18.8 Å². The minimum atomic E-state index is -0.457. The summed E-state index contributed by atoms with van der Waals surface area (Å²) in [6.07, 6.45) is 8.45. The second-order valence-electron chi connectivity index (χ2n) is 8.63. The molecule has 0 saturated heterocycles. The van der Waals surface area contributed by atoms with Crippen molar-refractivity contribution in [3.63, 3.8) is 0 Å². The van der Waals surface area contributed by atoms with Gasteiger partial charge in [0.15, 0.2) is 5.78 Å². The van der Waals surface area contributed by atoms with Crippen LogP contribution < -0.4 is 0 Å². The van der Waals surface area contributed by atoms with Crippen LogP contribution in [0.2, 0.25) is 0 Å². The normalized spacial score (nSPS) is 51.0. The molecule has 3 saturated carbocycles. The summed E-state index contributed by atoms with van der Waals surface area (Å²) in [5.74, 6) is -0.290. The number of Topliss-reactive ketones (excluding diaryl/α,β-unsaturated/α-hetero) is 2. The summed E-state index contributed by atoms with van der Waals surface area (Å²) in [7, 11) is 0. The Morgan fingerprint density at radius 1 is 1.23 bits per heavy atom. The van der Waals surface area contributed by atoms with Gasteiger partial charge in [0.2, 0.25) is 5.78 Å². The number of aliphatic hydroxyl groups excluding tert-OH is 1. The second-order valence-corrected chi connectivity index (χ2v) is 8.63. The third-order valence-electron chi connectivity index (χ3n) is 7.46. The lowest BCUT2D eigenvalue weighted by Crippen LogP contribution is -2.55. The van der Waals surface area contributed by atoms with Crippen molar-refractivity contribution >= 4 is 11.6 Å². The molecule has 0 heterocycles. The van der Waals surface area contributed by atoms with E-state index in [0.717, 1.165) is 25.7 Å². The summed E-state index contributed by atoms with van der Waals surface area (Å²) < 4.78 is 0. The molecule has 3 heteroatoms. The highest BCUT2D eigenvalue weighted by Gasteiger charge is 2.63. The van der Waals surface area contributed by atoms with Gasteiger partial charge in [0.05, 0.1) is 6.10 Å². The van der Waals surface area contributed by atoms with Gasteiger partial charge in [-0.15, -0.1) is 0 Å². The van der Waals surface area contributed by atoms with E-state index < -0.39 is 6.10 Å². The van der Waals surface area contributed by atoms with Crippen LogP contribution >= 0.6 is 0 Å². The number of aliphatic hydroxyl groups is 1. The SMILES string of the molecule is C[C@]12CC[C@H]3[C@@H](C(O)CC4=CCCC[C@@]43C)[C@@H]1C(=O)C(=O)C2. The molecule has 0 aliphatic heterocycles. The van der Waals surface area contributed by atoms with E-state index in [1.807, 2.05) is 0 Å². The Morgan fingerprint density at radius 2 is 2.00 bits per heavy atom. The zero-order chi connectivity index (χ0) is 15.7. The van der Waals surface area contributed by atoms with Crippen molar-refractivity contribution < 1.29 is 14.7 Å². The lowest BCUT2D eigenvalue weighted by Gasteiger charge is -2.58. The molecule has 0 radical (unpaired) electrons. The van der Waals surface area contributed by atoms with E-state index in [9.17, 15) is 14.7 Å². The van der Waals surface area contributed by atoms with Crippen LogP contribution in [0.25, 0.3) is 0 Å². The van der Waals surface area contributed by atoms with Crippen molar-refractivity contribution in [3.8, 4) is 0 Å². The molecule has 0 spiro atoms. The van der Waals surface area contributed by atoms with Crippen LogP contribution in [0.4, 0.5) is 0 Å². The molecule has 6 atom stereocenters. The van der Waals surface area contributed by atoms with Crippen LogP contribution in [0, 0.1) is 28.6 Å². The van der Waals surface area contributed by atoms with E-state index in [1.54, 1.807) is 0 Å². The van der Waals surface area contributed by atoms with E-state index >= 15 is 0 Å². The van der Waals surface area contributed by atoms with Gasteiger partial charge in [-0.1, -0.05) is 25.5 Å². The Kier molecular flexibility index (Phi) is 3.01. The maximum Gasteiger partial charge on any atom is 0.202 e.